The highest BCUT2D eigenvalue weighted by molar-refractivity contribution is 6.22. The van der Waals surface area contributed by atoms with Gasteiger partial charge >= 0.3 is 5.97 Å². The molecule has 1 saturated heterocycles. The van der Waals surface area contributed by atoms with Gasteiger partial charge in [-0.25, -0.2) is 9.78 Å². The third-order valence-electron chi connectivity index (χ3n) is 8.51. The molecule has 2 aliphatic carbocycles. The van der Waals surface area contributed by atoms with Crippen molar-refractivity contribution < 1.29 is 23.9 Å². The molecule has 202 valence electrons. The summed E-state index contributed by atoms with van der Waals surface area (Å²) in [5, 5.41) is 0.630. The smallest absolute Gasteiger partial charge is 0.339 e. The fourth-order valence-corrected chi connectivity index (χ4v) is 6.51. The summed E-state index contributed by atoms with van der Waals surface area (Å²) >= 11 is 0. The first-order chi connectivity index (χ1) is 19.9. The van der Waals surface area contributed by atoms with Crippen molar-refractivity contribution in [1.82, 2.24) is 4.98 Å². The first kappa shape index (κ1) is 25.1. The van der Waals surface area contributed by atoms with E-state index in [-0.39, 0.29) is 47.9 Å². The van der Waals surface area contributed by atoms with Gasteiger partial charge in [-0.3, -0.25) is 19.3 Å². The van der Waals surface area contributed by atoms with E-state index < -0.39 is 5.97 Å². The molecule has 3 aliphatic rings. The van der Waals surface area contributed by atoms with Gasteiger partial charge in [0.05, 0.1) is 34.3 Å². The highest BCUT2D eigenvalue weighted by Gasteiger charge is 2.59. The summed E-state index contributed by atoms with van der Waals surface area (Å²) in [6.45, 7) is 1.55. The van der Waals surface area contributed by atoms with Gasteiger partial charge in [0.15, 0.2) is 12.4 Å². The number of rotatable bonds is 6. The molecule has 7 heteroatoms. The van der Waals surface area contributed by atoms with Crippen LogP contribution in [0, 0.1) is 30.6 Å². The minimum absolute atomic E-state index is 0.126. The Labute approximate surface area is 236 Å². The summed E-state index contributed by atoms with van der Waals surface area (Å²) in [5.41, 5.74) is 4.13. The molecule has 0 radical (unpaired) electrons. The molecule has 2 amide bonds. The number of pyridine rings is 1. The minimum Gasteiger partial charge on any atom is -0.454 e. The number of Topliss-reactive ketones (excluding diaryl/α,β-unsaturated/α-hetero) is 1. The number of carbonyl (C=O) groups is 4. The quantitative estimate of drug-likeness (QED) is 0.137. The van der Waals surface area contributed by atoms with Crippen LogP contribution in [0.5, 0.6) is 0 Å². The lowest BCUT2D eigenvalue weighted by molar-refractivity contribution is -0.123. The van der Waals surface area contributed by atoms with Crippen LogP contribution in [0.3, 0.4) is 0 Å². The van der Waals surface area contributed by atoms with E-state index >= 15 is 0 Å². The third-order valence-corrected chi connectivity index (χ3v) is 8.51. The standard InChI is InChI=1S/C34H26N2O5/c1-19-7-14-27-25(15-19)26(34(40)41-18-29(37)21-5-3-2-4-6-21)17-28(35-27)20-10-12-24(13-11-20)36-32(38)30-22-8-9-23(16-22)31(30)33(36)39/h2-15,17,22-23,30-31H,16,18H2,1H3/t22-,23-,30+,31+/m0/s1. The molecule has 0 N–H and O–H groups in total. The fraction of sp³-hybridized carbons (Fsp3) is 0.206. The Morgan fingerprint density at radius 3 is 2.24 bits per heavy atom. The van der Waals surface area contributed by atoms with Crippen LogP contribution in [0.2, 0.25) is 0 Å². The number of fused-ring (bicyclic) bond motifs is 6. The van der Waals surface area contributed by atoms with Crippen LogP contribution in [0.15, 0.2) is 91.0 Å². The SMILES string of the molecule is Cc1ccc2nc(-c3ccc(N4C(=O)[C@H]5[C@H](C4=O)[C@H]4C=C[C@H]5C4)cc3)cc(C(=O)OCC(=O)c3ccccc3)c2c1. The minimum atomic E-state index is -0.617. The highest BCUT2D eigenvalue weighted by Crippen LogP contribution is 2.53. The number of ketones is 1. The van der Waals surface area contributed by atoms with Gasteiger partial charge in [-0.1, -0.05) is 66.2 Å². The van der Waals surface area contributed by atoms with E-state index in [9.17, 15) is 19.2 Å². The number of carbonyl (C=O) groups excluding carboxylic acids is 4. The number of hydrogen-bond donors (Lipinski definition) is 0. The maximum absolute atomic E-state index is 13.3. The van der Waals surface area contributed by atoms with Crippen LogP contribution in [0.1, 0.15) is 32.7 Å². The maximum Gasteiger partial charge on any atom is 0.339 e. The van der Waals surface area contributed by atoms with Gasteiger partial charge in [-0.15, -0.1) is 0 Å². The lowest BCUT2D eigenvalue weighted by Crippen LogP contribution is -2.32. The van der Waals surface area contributed by atoms with Crippen molar-refractivity contribution in [2.24, 2.45) is 23.7 Å². The lowest BCUT2D eigenvalue weighted by atomic mass is 9.85. The number of hydrogen-bond acceptors (Lipinski definition) is 6. The number of aromatic nitrogens is 1. The molecule has 2 heterocycles. The van der Waals surface area contributed by atoms with Gasteiger partial charge in [0.1, 0.15) is 0 Å². The van der Waals surface area contributed by atoms with Crippen LogP contribution < -0.4 is 4.90 Å². The number of nitrogens with zero attached hydrogens (tertiary/aromatic N) is 2. The molecule has 3 aromatic carbocycles. The Bertz CT molecular complexity index is 1750. The van der Waals surface area contributed by atoms with Gasteiger partial charge < -0.3 is 4.74 Å². The van der Waals surface area contributed by atoms with Crippen LogP contribution >= 0.6 is 0 Å². The van der Waals surface area contributed by atoms with Gasteiger partial charge in [0.25, 0.3) is 0 Å². The molecule has 2 fully saturated rings. The third kappa shape index (κ3) is 4.16. The normalized spacial score (nSPS) is 22.4. The molecule has 4 atom stereocenters. The number of amides is 2. The van der Waals surface area contributed by atoms with Gasteiger partial charge in [0.2, 0.25) is 11.8 Å². The number of aryl methyl sites for hydroxylation is 1. The zero-order valence-electron chi connectivity index (χ0n) is 22.3. The molecule has 1 saturated carbocycles. The Balaban J connectivity index is 1.17. The van der Waals surface area contributed by atoms with Crippen LogP contribution in [-0.2, 0) is 14.3 Å². The second-order valence-electron chi connectivity index (χ2n) is 11.0. The largest absolute Gasteiger partial charge is 0.454 e. The van der Waals surface area contributed by atoms with E-state index in [1.54, 1.807) is 54.6 Å². The number of allylic oxidation sites excluding steroid dienone is 2. The number of imide groups is 1. The molecule has 1 aromatic heterocycles. The van der Waals surface area contributed by atoms with E-state index in [0.717, 1.165) is 12.0 Å². The van der Waals surface area contributed by atoms with Gasteiger partial charge in [-0.05, 0) is 55.5 Å². The molecule has 0 unspecified atom stereocenters. The van der Waals surface area contributed by atoms with Crippen LogP contribution in [0.25, 0.3) is 22.2 Å². The van der Waals surface area contributed by atoms with Crippen molar-refractivity contribution >= 4 is 40.2 Å². The monoisotopic (exact) mass is 542 g/mol. The summed E-state index contributed by atoms with van der Waals surface area (Å²) < 4.78 is 5.45. The second-order valence-corrected chi connectivity index (χ2v) is 11.0. The van der Waals surface area contributed by atoms with E-state index in [0.29, 0.717) is 39.0 Å². The first-order valence-electron chi connectivity index (χ1n) is 13.7. The summed E-state index contributed by atoms with van der Waals surface area (Å²) in [6.07, 6.45) is 5.05. The Kier molecular flexibility index (Phi) is 5.89. The average molecular weight is 543 g/mol. The first-order valence-corrected chi connectivity index (χ1v) is 13.7. The fourth-order valence-electron chi connectivity index (χ4n) is 6.51. The predicted molar refractivity (Wildman–Crippen MR) is 153 cm³/mol. The topological polar surface area (TPSA) is 93.6 Å². The van der Waals surface area contributed by atoms with Crippen molar-refractivity contribution in [3.05, 3.63) is 108 Å². The van der Waals surface area contributed by atoms with E-state index in [1.165, 1.54) is 4.90 Å². The van der Waals surface area contributed by atoms with Crippen molar-refractivity contribution in [3.63, 3.8) is 0 Å². The van der Waals surface area contributed by atoms with E-state index in [2.05, 4.69) is 12.2 Å². The Hall–Kier alpha value is -4.91. The predicted octanol–water partition coefficient (Wildman–Crippen LogP) is 5.56. The second kappa shape index (κ2) is 9.63. The number of esters is 1. The molecule has 2 bridgehead atoms. The molecule has 41 heavy (non-hydrogen) atoms. The number of benzene rings is 3. The summed E-state index contributed by atoms with van der Waals surface area (Å²) in [5.74, 6) is -1.38. The molecular weight excluding hydrogens is 516 g/mol. The van der Waals surface area contributed by atoms with Crippen LogP contribution in [0.4, 0.5) is 5.69 Å². The van der Waals surface area contributed by atoms with Crippen molar-refractivity contribution in [2.45, 2.75) is 13.3 Å². The van der Waals surface area contributed by atoms with Gasteiger partial charge in [0, 0.05) is 16.5 Å². The molecule has 0 spiro atoms. The van der Waals surface area contributed by atoms with Crippen molar-refractivity contribution in [2.75, 3.05) is 11.5 Å². The average Bonchev–Trinajstić information content (AvgIpc) is 3.69. The van der Waals surface area contributed by atoms with Crippen LogP contribution in [-0.4, -0.2) is 35.2 Å². The number of ether oxygens (including phenoxy) is 1. The zero-order chi connectivity index (χ0) is 28.2. The molecule has 7 nitrogen and oxygen atoms in total. The van der Waals surface area contributed by atoms with E-state index in [4.69, 9.17) is 9.72 Å². The molecule has 1 aliphatic heterocycles. The highest BCUT2D eigenvalue weighted by atomic mass is 16.5. The van der Waals surface area contributed by atoms with E-state index in [1.807, 2.05) is 31.2 Å². The Morgan fingerprint density at radius 1 is 0.878 bits per heavy atom. The van der Waals surface area contributed by atoms with Gasteiger partial charge in [-0.2, -0.15) is 0 Å². The summed E-state index contributed by atoms with van der Waals surface area (Å²) in [4.78, 5) is 58.3. The Morgan fingerprint density at radius 2 is 1.56 bits per heavy atom. The molecule has 4 aromatic rings. The van der Waals surface area contributed by atoms with Crippen molar-refractivity contribution in [1.29, 1.82) is 0 Å². The summed E-state index contributed by atoms with van der Waals surface area (Å²) in [7, 11) is 0. The lowest BCUT2D eigenvalue weighted by Gasteiger charge is -2.17. The summed E-state index contributed by atoms with van der Waals surface area (Å²) in [6, 6.07) is 23.1. The molecular formula is C34H26N2O5. The molecule has 7 rings (SSSR count). The maximum atomic E-state index is 13.3. The zero-order valence-corrected chi connectivity index (χ0v) is 22.3. The van der Waals surface area contributed by atoms with Crippen molar-refractivity contribution in [3.8, 4) is 11.3 Å². The number of anilines is 1.